The third kappa shape index (κ3) is 3.47. The van der Waals surface area contributed by atoms with Gasteiger partial charge in [0.05, 0.1) is 16.6 Å². The maximum absolute atomic E-state index is 5.09. The van der Waals surface area contributed by atoms with Crippen LogP contribution in [0.25, 0.3) is 0 Å². The van der Waals surface area contributed by atoms with Crippen molar-refractivity contribution >= 4 is 14.7 Å². The molecule has 0 aliphatic heterocycles. The van der Waals surface area contributed by atoms with Crippen LogP contribution < -0.4 is 9.92 Å². The van der Waals surface area contributed by atoms with Gasteiger partial charge in [-0.1, -0.05) is 28.6 Å². The molecule has 0 heterocycles. The lowest BCUT2D eigenvalue weighted by Gasteiger charge is -2.00. The Labute approximate surface area is 82.3 Å². The normalized spacial score (nSPS) is 10.4. The van der Waals surface area contributed by atoms with Crippen LogP contribution in [0.1, 0.15) is 13.8 Å². The number of rotatable bonds is 3. The summed E-state index contributed by atoms with van der Waals surface area (Å²) >= 11 is 0. The second-order valence-corrected chi connectivity index (χ2v) is 4.97. The second-order valence-electron chi connectivity index (χ2n) is 3.33. The first-order valence-electron chi connectivity index (χ1n) is 4.48. The van der Waals surface area contributed by atoms with Crippen LogP contribution in [-0.2, 0) is 0 Å². The van der Waals surface area contributed by atoms with Crippen molar-refractivity contribution in [3.63, 3.8) is 0 Å². The first-order chi connectivity index (χ1) is 6.22. The van der Waals surface area contributed by atoms with Crippen LogP contribution in [0.2, 0.25) is 0 Å². The Morgan fingerprint density at radius 3 is 2.31 bits per heavy atom. The largest absolute Gasteiger partial charge is 0.497 e. The molecule has 1 nitrogen and oxygen atoms in total. The first kappa shape index (κ1) is 10.1. The molecule has 70 valence electrons. The topological polar surface area (TPSA) is 9.23 Å². The van der Waals surface area contributed by atoms with Crippen molar-refractivity contribution in [1.29, 1.82) is 0 Å². The van der Waals surface area contributed by atoms with E-state index in [9.17, 15) is 0 Å². The molecule has 0 N–H and O–H groups in total. The van der Waals surface area contributed by atoms with Crippen LogP contribution in [0.4, 0.5) is 0 Å². The predicted molar refractivity (Wildman–Crippen MR) is 60.6 cm³/mol. The lowest BCUT2D eigenvalue weighted by molar-refractivity contribution is 0.415. The fourth-order valence-electron chi connectivity index (χ4n) is 1.08. The maximum Gasteiger partial charge on any atom is 0.118 e. The van der Waals surface area contributed by atoms with Gasteiger partial charge in [0, 0.05) is 0 Å². The van der Waals surface area contributed by atoms with Crippen molar-refractivity contribution < 1.29 is 4.74 Å². The molecule has 0 saturated heterocycles. The standard InChI is InChI=1S/C11H16OSi/c1-9(2)8-13-11-6-4-10(12-3)5-7-11/h4-8H,13H2,1-3H3. The summed E-state index contributed by atoms with van der Waals surface area (Å²) in [4.78, 5) is 0. The van der Waals surface area contributed by atoms with Gasteiger partial charge in [0.2, 0.25) is 0 Å². The van der Waals surface area contributed by atoms with Crippen LogP contribution in [-0.4, -0.2) is 16.6 Å². The van der Waals surface area contributed by atoms with E-state index in [2.05, 4.69) is 31.7 Å². The van der Waals surface area contributed by atoms with Gasteiger partial charge in [0.15, 0.2) is 0 Å². The Bertz CT molecular complexity index is 283. The number of ether oxygens (including phenoxy) is 1. The second kappa shape index (κ2) is 4.87. The van der Waals surface area contributed by atoms with E-state index in [1.54, 1.807) is 7.11 Å². The molecular weight excluding hydrogens is 176 g/mol. The fraction of sp³-hybridized carbons (Fsp3) is 0.273. The highest BCUT2D eigenvalue weighted by atomic mass is 28.2. The van der Waals surface area contributed by atoms with Crippen LogP contribution >= 0.6 is 0 Å². The van der Waals surface area contributed by atoms with Gasteiger partial charge in [-0.2, -0.15) is 0 Å². The summed E-state index contributed by atoms with van der Waals surface area (Å²) in [7, 11) is 1.50. The zero-order chi connectivity index (χ0) is 9.68. The number of allylic oxidation sites excluding steroid dienone is 1. The molecule has 1 aromatic rings. The molecule has 1 rings (SSSR count). The molecule has 0 atom stereocenters. The molecule has 0 amide bonds. The highest BCUT2D eigenvalue weighted by molar-refractivity contribution is 6.58. The van der Waals surface area contributed by atoms with E-state index < -0.39 is 0 Å². The minimum Gasteiger partial charge on any atom is -0.497 e. The minimum atomic E-state index is -0.200. The van der Waals surface area contributed by atoms with Crippen LogP contribution in [0.5, 0.6) is 5.75 Å². The van der Waals surface area contributed by atoms with E-state index in [0.717, 1.165) is 5.75 Å². The summed E-state index contributed by atoms with van der Waals surface area (Å²) in [6, 6.07) is 8.37. The number of methoxy groups -OCH3 is 1. The number of benzene rings is 1. The molecule has 0 saturated carbocycles. The average molecular weight is 192 g/mol. The third-order valence-electron chi connectivity index (χ3n) is 1.91. The van der Waals surface area contributed by atoms with Crippen molar-refractivity contribution in [1.82, 2.24) is 0 Å². The van der Waals surface area contributed by atoms with Gasteiger partial charge in [-0.05, 0) is 26.0 Å². The Balaban J connectivity index is 2.64. The molecule has 0 aliphatic rings. The molecule has 0 aliphatic carbocycles. The highest BCUT2D eigenvalue weighted by Crippen LogP contribution is 2.05. The quantitative estimate of drug-likeness (QED) is 0.658. The Morgan fingerprint density at radius 1 is 1.23 bits per heavy atom. The lowest BCUT2D eigenvalue weighted by atomic mass is 10.3. The smallest absolute Gasteiger partial charge is 0.118 e. The monoisotopic (exact) mass is 192 g/mol. The molecule has 0 radical (unpaired) electrons. The summed E-state index contributed by atoms with van der Waals surface area (Å²) in [5.74, 6) is 0.940. The number of hydrogen-bond acceptors (Lipinski definition) is 1. The summed E-state index contributed by atoms with van der Waals surface area (Å²) in [5.41, 5.74) is 3.78. The molecule has 0 aromatic heterocycles. The zero-order valence-corrected chi connectivity index (χ0v) is 9.92. The van der Waals surface area contributed by atoms with E-state index >= 15 is 0 Å². The molecule has 2 heteroatoms. The van der Waals surface area contributed by atoms with Gasteiger partial charge in [-0.15, -0.1) is 0 Å². The summed E-state index contributed by atoms with van der Waals surface area (Å²) in [6.07, 6.45) is 0. The Morgan fingerprint density at radius 2 is 1.85 bits per heavy atom. The van der Waals surface area contributed by atoms with Crippen LogP contribution in [0.15, 0.2) is 35.5 Å². The SMILES string of the molecule is COc1ccc([SiH2]C=C(C)C)cc1. The van der Waals surface area contributed by atoms with Gasteiger partial charge < -0.3 is 4.74 Å². The van der Waals surface area contributed by atoms with Crippen LogP contribution in [0.3, 0.4) is 0 Å². The Hall–Kier alpha value is -1.02. The van der Waals surface area contributed by atoms with Gasteiger partial charge in [0.1, 0.15) is 5.75 Å². The van der Waals surface area contributed by atoms with Crippen molar-refractivity contribution in [2.75, 3.05) is 7.11 Å². The van der Waals surface area contributed by atoms with Crippen molar-refractivity contribution in [3.05, 3.63) is 35.5 Å². The Kier molecular flexibility index (Phi) is 3.77. The van der Waals surface area contributed by atoms with Gasteiger partial charge in [-0.25, -0.2) is 0 Å². The molecule has 1 aromatic carbocycles. The van der Waals surface area contributed by atoms with E-state index in [4.69, 9.17) is 4.74 Å². The van der Waals surface area contributed by atoms with Crippen molar-refractivity contribution in [2.24, 2.45) is 0 Å². The molecule has 0 bridgehead atoms. The summed E-state index contributed by atoms with van der Waals surface area (Å²) < 4.78 is 5.09. The molecule has 0 fully saturated rings. The van der Waals surface area contributed by atoms with Gasteiger partial charge >= 0.3 is 0 Å². The summed E-state index contributed by atoms with van der Waals surface area (Å²) in [6.45, 7) is 4.30. The van der Waals surface area contributed by atoms with E-state index in [1.807, 2.05) is 12.1 Å². The van der Waals surface area contributed by atoms with Crippen molar-refractivity contribution in [2.45, 2.75) is 13.8 Å². The summed E-state index contributed by atoms with van der Waals surface area (Å²) in [5, 5.41) is 1.46. The van der Waals surface area contributed by atoms with Gasteiger partial charge in [-0.3, -0.25) is 0 Å². The van der Waals surface area contributed by atoms with Crippen LogP contribution in [0, 0.1) is 0 Å². The fourth-order valence-corrected chi connectivity index (χ4v) is 2.24. The average Bonchev–Trinajstić information content (AvgIpc) is 2.15. The first-order valence-corrected chi connectivity index (χ1v) is 6.01. The number of hydrogen-bond donors (Lipinski definition) is 0. The van der Waals surface area contributed by atoms with E-state index in [1.165, 1.54) is 10.8 Å². The maximum atomic E-state index is 5.09. The van der Waals surface area contributed by atoms with E-state index in [0.29, 0.717) is 0 Å². The van der Waals surface area contributed by atoms with Crippen molar-refractivity contribution in [3.8, 4) is 5.75 Å². The lowest BCUT2D eigenvalue weighted by Crippen LogP contribution is -2.11. The minimum absolute atomic E-state index is 0.200. The van der Waals surface area contributed by atoms with Gasteiger partial charge in [0.25, 0.3) is 0 Å². The molecular formula is C11H16OSi. The molecule has 13 heavy (non-hydrogen) atoms. The highest BCUT2D eigenvalue weighted by Gasteiger charge is 1.92. The zero-order valence-electron chi connectivity index (χ0n) is 8.50. The molecule has 0 spiro atoms. The predicted octanol–water partition coefficient (Wildman–Crippen LogP) is 1.41. The van der Waals surface area contributed by atoms with E-state index in [-0.39, 0.29) is 9.52 Å². The third-order valence-corrected chi connectivity index (χ3v) is 3.87. The molecule has 0 unspecified atom stereocenters.